The molecule has 0 fully saturated rings. The maximum Gasteiger partial charge on any atom is 0.315 e. The molecule has 0 bridgehead atoms. The third-order valence-corrected chi connectivity index (χ3v) is 4.66. The molecular formula is C20H20N4O3. The fraction of sp³-hybridized carbons (Fsp3) is 0.300. The Labute approximate surface area is 156 Å². The minimum atomic E-state index is -0.443. The highest BCUT2D eigenvalue weighted by Gasteiger charge is 2.24. The lowest BCUT2D eigenvalue weighted by Crippen LogP contribution is -2.40. The summed E-state index contributed by atoms with van der Waals surface area (Å²) in [5.41, 5.74) is 2.52. The highest BCUT2D eigenvalue weighted by molar-refractivity contribution is 5.95. The Balaban J connectivity index is 1.75. The van der Waals surface area contributed by atoms with Gasteiger partial charge in [0.2, 0.25) is 5.91 Å². The molecule has 7 nitrogen and oxygen atoms in total. The molecule has 0 radical (unpaired) electrons. The molecule has 1 aromatic carbocycles. The van der Waals surface area contributed by atoms with Crippen LogP contribution in [0, 0.1) is 0 Å². The lowest BCUT2D eigenvalue weighted by molar-refractivity contribution is -0.119. The van der Waals surface area contributed by atoms with Crippen LogP contribution in [0.2, 0.25) is 0 Å². The Kier molecular flexibility index (Phi) is 4.58. The molecule has 1 amide bonds. The normalized spacial score (nSPS) is 13.4. The maximum absolute atomic E-state index is 13.1. The molecule has 0 spiro atoms. The quantitative estimate of drug-likeness (QED) is 0.709. The fourth-order valence-electron chi connectivity index (χ4n) is 3.44. The molecule has 3 aromatic rings. The summed E-state index contributed by atoms with van der Waals surface area (Å²) >= 11 is 0. The number of amides is 1. The number of aryl methyl sites for hydroxylation is 1. The van der Waals surface area contributed by atoms with Crippen molar-refractivity contribution < 1.29 is 9.53 Å². The maximum atomic E-state index is 13.1. The van der Waals surface area contributed by atoms with Gasteiger partial charge in [-0.2, -0.15) is 0 Å². The first-order valence-electron chi connectivity index (χ1n) is 9.05. The van der Waals surface area contributed by atoms with Crippen molar-refractivity contribution in [3.63, 3.8) is 0 Å². The smallest absolute Gasteiger partial charge is 0.315 e. The number of nitrogens with zero attached hydrogens (tertiary/aromatic N) is 4. The third kappa shape index (κ3) is 3.16. The standard InChI is InChI=1S/C20H20N4O3/c1-2-27-19-20(26)24(18-15(22-19)9-5-11-21-18)13-17(25)23-12-6-8-14-7-3-4-10-16(14)23/h3-5,7,9-11H,2,6,8,12-13H2,1H3. The number of hydrogen-bond donors (Lipinski definition) is 0. The minimum absolute atomic E-state index is 0.00940. The van der Waals surface area contributed by atoms with Crippen molar-refractivity contribution in [3.05, 3.63) is 58.5 Å². The van der Waals surface area contributed by atoms with E-state index >= 15 is 0 Å². The summed E-state index contributed by atoms with van der Waals surface area (Å²) < 4.78 is 6.73. The Morgan fingerprint density at radius 2 is 2.07 bits per heavy atom. The summed E-state index contributed by atoms with van der Waals surface area (Å²) in [6.07, 6.45) is 3.44. The topological polar surface area (TPSA) is 77.3 Å². The molecule has 0 atom stereocenters. The zero-order chi connectivity index (χ0) is 18.8. The lowest BCUT2D eigenvalue weighted by Gasteiger charge is -2.29. The van der Waals surface area contributed by atoms with E-state index in [0.717, 1.165) is 24.1 Å². The van der Waals surface area contributed by atoms with E-state index in [0.29, 0.717) is 24.3 Å². The summed E-state index contributed by atoms with van der Waals surface area (Å²) in [5, 5.41) is 0. The zero-order valence-electron chi connectivity index (χ0n) is 15.1. The van der Waals surface area contributed by atoms with E-state index in [-0.39, 0.29) is 18.3 Å². The summed E-state index contributed by atoms with van der Waals surface area (Å²) in [6, 6.07) is 11.4. The first kappa shape index (κ1) is 17.2. The van der Waals surface area contributed by atoms with E-state index in [4.69, 9.17) is 4.74 Å². The molecule has 0 saturated carbocycles. The van der Waals surface area contributed by atoms with Crippen molar-refractivity contribution in [1.82, 2.24) is 14.5 Å². The van der Waals surface area contributed by atoms with E-state index < -0.39 is 5.56 Å². The molecule has 0 unspecified atom stereocenters. The van der Waals surface area contributed by atoms with Crippen molar-refractivity contribution in [2.24, 2.45) is 0 Å². The van der Waals surface area contributed by atoms with Gasteiger partial charge >= 0.3 is 5.56 Å². The van der Waals surface area contributed by atoms with Crippen LogP contribution >= 0.6 is 0 Å². The van der Waals surface area contributed by atoms with Gasteiger partial charge in [0.1, 0.15) is 12.1 Å². The van der Waals surface area contributed by atoms with E-state index in [1.165, 1.54) is 4.57 Å². The van der Waals surface area contributed by atoms with Gasteiger partial charge in [0.25, 0.3) is 5.88 Å². The second-order valence-corrected chi connectivity index (χ2v) is 6.37. The Morgan fingerprint density at radius 3 is 2.93 bits per heavy atom. The number of pyridine rings is 1. The van der Waals surface area contributed by atoms with E-state index in [1.54, 1.807) is 30.2 Å². The van der Waals surface area contributed by atoms with Gasteiger partial charge < -0.3 is 9.64 Å². The summed E-state index contributed by atoms with van der Waals surface area (Å²) in [5.74, 6) is -0.158. The van der Waals surface area contributed by atoms with Gasteiger partial charge in [-0.25, -0.2) is 9.97 Å². The molecule has 0 saturated heterocycles. The number of ether oxygens (including phenoxy) is 1. The molecule has 7 heteroatoms. The van der Waals surface area contributed by atoms with Crippen LogP contribution in [0.25, 0.3) is 11.2 Å². The van der Waals surface area contributed by atoms with Gasteiger partial charge in [0.05, 0.1) is 6.61 Å². The molecule has 1 aliphatic heterocycles. The number of rotatable bonds is 4. The SMILES string of the molecule is CCOc1nc2cccnc2n(CC(=O)N2CCCc3ccccc32)c1=O. The van der Waals surface area contributed by atoms with E-state index in [1.807, 2.05) is 24.3 Å². The first-order chi connectivity index (χ1) is 13.2. The Morgan fingerprint density at radius 1 is 1.22 bits per heavy atom. The Hall–Kier alpha value is -3.22. The molecular weight excluding hydrogens is 344 g/mol. The summed E-state index contributed by atoms with van der Waals surface area (Å²) in [4.78, 5) is 36.1. The highest BCUT2D eigenvalue weighted by Crippen LogP contribution is 2.27. The molecule has 0 N–H and O–H groups in total. The number of benzene rings is 1. The number of carbonyl (C=O) groups is 1. The summed E-state index contributed by atoms with van der Waals surface area (Å²) in [7, 11) is 0. The predicted molar refractivity (Wildman–Crippen MR) is 102 cm³/mol. The molecule has 27 heavy (non-hydrogen) atoms. The van der Waals surface area contributed by atoms with Crippen LogP contribution in [0.4, 0.5) is 5.69 Å². The number of hydrogen-bond acceptors (Lipinski definition) is 5. The van der Waals surface area contributed by atoms with Crippen LogP contribution in [0.5, 0.6) is 5.88 Å². The van der Waals surface area contributed by atoms with Crippen molar-refractivity contribution in [2.75, 3.05) is 18.1 Å². The monoisotopic (exact) mass is 364 g/mol. The number of aromatic nitrogens is 3. The Bertz CT molecular complexity index is 1060. The van der Waals surface area contributed by atoms with Crippen LogP contribution in [0.15, 0.2) is 47.4 Å². The second kappa shape index (κ2) is 7.19. The average Bonchev–Trinajstić information content (AvgIpc) is 2.70. The van der Waals surface area contributed by atoms with Crippen molar-refractivity contribution in [3.8, 4) is 5.88 Å². The van der Waals surface area contributed by atoms with Gasteiger partial charge in [-0.15, -0.1) is 0 Å². The van der Waals surface area contributed by atoms with Crippen molar-refractivity contribution in [2.45, 2.75) is 26.3 Å². The first-order valence-corrected chi connectivity index (χ1v) is 9.05. The van der Waals surface area contributed by atoms with Gasteiger partial charge in [-0.1, -0.05) is 18.2 Å². The van der Waals surface area contributed by atoms with E-state index in [9.17, 15) is 9.59 Å². The third-order valence-electron chi connectivity index (χ3n) is 4.66. The van der Waals surface area contributed by atoms with Gasteiger partial charge in [0, 0.05) is 18.4 Å². The zero-order valence-corrected chi connectivity index (χ0v) is 15.1. The second-order valence-electron chi connectivity index (χ2n) is 6.37. The largest absolute Gasteiger partial charge is 0.474 e. The van der Waals surface area contributed by atoms with Crippen LogP contribution < -0.4 is 15.2 Å². The average molecular weight is 364 g/mol. The fourth-order valence-corrected chi connectivity index (χ4v) is 3.44. The molecule has 2 aromatic heterocycles. The highest BCUT2D eigenvalue weighted by atomic mass is 16.5. The van der Waals surface area contributed by atoms with E-state index in [2.05, 4.69) is 9.97 Å². The molecule has 138 valence electrons. The van der Waals surface area contributed by atoms with Gasteiger partial charge in [-0.3, -0.25) is 14.2 Å². The lowest BCUT2D eigenvalue weighted by atomic mass is 10.0. The molecule has 4 rings (SSSR count). The predicted octanol–water partition coefficient (Wildman–Crippen LogP) is 2.17. The van der Waals surface area contributed by atoms with Crippen LogP contribution in [0.3, 0.4) is 0 Å². The van der Waals surface area contributed by atoms with Gasteiger partial charge in [-0.05, 0) is 43.5 Å². The molecule has 0 aliphatic carbocycles. The molecule has 3 heterocycles. The minimum Gasteiger partial charge on any atom is -0.474 e. The summed E-state index contributed by atoms with van der Waals surface area (Å²) in [6.45, 7) is 2.64. The van der Waals surface area contributed by atoms with Crippen molar-refractivity contribution >= 4 is 22.8 Å². The van der Waals surface area contributed by atoms with Crippen LogP contribution in [-0.4, -0.2) is 33.6 Å². The molecule has 1 aliphatic rings. The van der Waals surface area contributed by atoms with Crippen LogP contribution in [-0.2, 0) is 17.8 Å². The van der Waals surface area contributed by atoms with Crippen LogP contribution in [0.1, 0.15) is 18.9 Å². The van der Waals surface area contributed by atoms with Gasteiger partial charge in [0.15, 0.2) is 5.65 Å². The van der Waals surface area contributed by atoms with Crippen molar-refractivity contribution in [1.29, 1.82) is 0 Å². The number of para-hydroxylation sites is 1. The number of carbonyl (C=O) groups excluding carboxylic acids is 1. The number of anilines is 1. The number of fused-ring (bicyclic) bond motifs is 2.